The Hall–Kier alpha value is -2.63. The molecule has 2 aromatic carbocycles. The lowest BCUT2D eigenvalue weighted by molar-refractivity contribution is 0.0609. The van der Waals surface area contributed by atoms with Crippen LogP contribution in [-0.4, -0.2) is 22.5 Å². The van der Waals surface area contributed by atoms with Gasteiger partial charge in [0, 0.05) is 22.6 Å². The summed E-state index contributed by atoms with van der Waals surface area (Å²) in [6.07, 6.45) is -0.112. The van der Waals surface area contributed by atoms with Crippen molar-refractivity contribution in [3.05, 3.63) is 63.9 Å². The van der Waals surface area contributed by atoms with Gasteiger partial charge in [-0.1, -0.05) is 23.7 Å². The Labute approximate surface area is 161 Å². The van der Waals surface area contributed by atoms with E-state index in [1.54, 1.807) is 12.1 Å². The van der Waals surface area contributed by atoms with Gasteiger partial charge in [-0.2, -0.15) is 5.10 Å². The smallest absolute Gasteiger partial charge is 0.280 e. The second-order valence-electron chi connectivity index (χ2n) is 6.41. The highest BCUT2D eigenvalue weighted by Crippen LogP contribution is 2.37. The van der Waals surface area contributed by atoms with Crippen LogP contribution in [0, 0.1) is 0 Å². The third kappa shape index (κ3) is 3.24. The first-order valence-corrected chi connectivity index (χ1v) is 9.26. The van der Waals surface area contributed by atoms with E-state index in [2.05, 4.69) is 5.10 Å². The molecule has 0 amide bonds. The summed E-state index contributed by atoms with van der Waals surface area (Å²) in [6, 6.07) is 14.8. The zero-order chi connectivity index (χ0) is 19.0. The van der Waals surface area contributed by atoms with Crippen LogP contribution in [0.1, 0.15) is 13.8 Å². The fourth-order valence-electron chi connectivity index (χ4n) is 3.26. The molecule has 0 bridgehead atoms. The summed E-state index contributed by atoms with van der Waals surface area (Å²) in [5.74, 6) is 0.501. The first-order chi connectivity index (χ1) is 13.1. The minimum atomic E-state index is -0.184. The van der Waals surface area contributed by atoms with E-state index in [9.17, 15) is 4.79 Å². The average molecular weight is 383 g/mol. The number of para-hydroxylation sites is 1. The monoisotopic (exact) mass is 382 g/mol. The zero-order valence-electron chi connectivity index (χ0n) is 15.1. The maximum atomic E-state index is 13.1. The molecule has 4 rings (SSSR count). The molecule has 6 heteroatoms. The summed E-state index contributed by atoms with van der Waals surface area (Å²) in [7, 11) is 0. The summed E-state index contributed by atoms with van der Waals surface area (Å²) in [5, 5.41) is 6.04. The van der Waals surface area contributed by atoms with Gasteiger partial charge in [0.25, 0.3) is 5.56 Å². The Morgan fingerprint density at radius 2 is 1.93 bits per heavy atom. The summed E-state index contributed by atoms with van der Waals surface area (Å²) in [6.45, 7) is 4.83. The van der Waals surface area contributed by atoms with Crippen molar-refractivity contribution < 1.29 is 9.15 Å². The number of benzene rings is 2. The third-order valence-corrected chi connectivity index (χ3v) is 4.73. The number of fused-ring (bicyclic) bond motifs is 3. The maximum absolute atomic E-state index is 13.1. The predicted octanol–water partition coefficient (Wildman–Crippen LogP) is 4.84. The van der Waals surface area contributed by atoms with Gasteiger partial charge in [0.1, 0.15) is 22.6 Å². The Kier molecular flexibility index (Phi) is 4.72. The number of hydrogen-bond acceptors (Lipinski definition) is 4. The molecule has 5 nitrogen and oxygen atoms in total. The van der Waals surface area contributed by atoms with Gasteiger partial charge in [0.05, 0.1) is 12.6 Å². The van der Waals surface area contributed by atoms with Crippen LogP contribution < -0.4 is 5.56 Å². The molecule has 0 radical (unpaired) electrons. The van der Waals surface area contributed by atoms with Crippen LogP contribution in [0.3, 0.4) is 0 Å². The van der Waals surface area contributed by atoms with Crippen molar-refractivity contribution in [2.24, 2.45) is 0 Å². The molecule has 2 aromatic rings. The molecule has 1 atom stereocenters. The Morgan fingerprint density at radius 3 is 2.67 bits per heavy atom. The number of halogens is 1. The molecular formula is C21H19ClN2O3. The van der Waals surface area contributed by atoms with Crippen molar-refractivity contribution in [3.8, 4) is 22.6 Å². The van der Waals surface area contributed by atoms with Crippen LogP contribution in [0.4, 0.5) is 0 Å². The van der Waals surface area contributed by atoms with E-state index in [0.717, 1.165) is 10.9 Å². The predicted molar refractivity (Wildman–Crippen MR) is 106 cm³/mol. The molecule has 0 saturated heterocycles. The molecule has 0 N–H and O–H groups in total. The van der Waals surface area contributed by atoms with Crippen molar-refractivity contribution in [1.82, 2.24) is 9.78 Å². The van der Waals surface area contributed by atoms with Crippen molar-refractivity contribution in [2.75, 3.05) is 6.61 Å². The number of nitrogens with zero attached hydrogens (tertiary/aromatic N) is 2. The lowest BCUT2D eigenvalue weighted by atomic mass is 10.0. The summed E-state index contributed by atoms with van der Waals surface area (Å²) >= 11 is 6.01. The van der Waals surface area contributed by atoms with Crippen LogP contribution >= 0.6 is 11.6 Å². The van der Waals surface area contributed by atoms with E-state index in [1.807, 2.05) is 50.2 Å². The number of rotatable bonds is 5. The van der Waals surface area contributed by atoms with Gasteiger partial charge in [-0.05, 0) is 50.2 Å². The van der Waals surface area contributed by atoms with Gasteiger partial charge in [-0.15, -0.1) is 0 Å². The fraction of sp³-hybridized carbons (Fsp3) is 0.238. The highest BCUT2D eigenvalue weighted by Gasteiger charge is 2.26. The minimum Gasteiger partial charge on any atom is -0.455 e. The van der Waals surface area contributed by atoms with Crippen LogP contribution in [0.15, 0.2) is 57.7 Å². The molecule has 138 valence electrons. The second kappa shape index (κ2) is 7.18. The Balaban J connectivity index is 1.97. The molecule has 2 heterocycles. The molecule has 2 aliphatic heterocycles. The quantitative estimate of drug-likeness (QED) is 0.495. The molecule has 0 saturated carbocycles. The van der Waals surface area contributed by atoms with Gasteiger partial charge >= 0.3 is 0 Å². The van der Waals surface area contributed by atoms with E-state index < -0.39 is 0 Å². The second-order valence-corrected chi connectivity index (χ2v) is 6.85. The summed E-state index contributed by atoms with van der Waals surface area (Å²) in [5.41, 5.74) is 2.38. The maximum Gasteiger partial charge on any atom is 0.280 e. The first kappa shape index (κ1) is 17.8. The summed E-state index contributed by atoms with van der Waals surface area (Å²) in [4.78, 5) is 13.1. The standard InChI is InChI=1S/C21H19ClN2O3/c1-3-26-13(2)12-24-21(25)18-19(23-24)16-6-4-5-7-17(16)27-20(18)14-8-10-15(22)11-9-14/h4-11,13H,3,12H2,1-2H3. The highest BCUT2D eigenvalue weighted by molar-refractivity contribution is 6.30. The van der Waals surface area contributed by atoms with E-state index in [0.29, 0.717) is 40.8 Å². The minimum absolute atomic E-state index is 0.112. The van der Waals surface area contributed by atoms with Gasteiger partial charge in [0.15, 0.2) is 0 Å². The largest absolute Gasteiger partial charge is 0.455 e. The van der Waals surface area contributed by atoms with Crippen LogP contribution in [0.2, 0.25) is 5.02 Å². The van der Waals surface area contributed by atoms with E-state index >= 15 is 0 Å². The lowest BCUT2D eigenvalue weighted by Crippen LogP contribution is -2.25. The molecule has 27 heavy (non-hydrogen) atoms. The van der Waals surface area contributed by atoms with Crippen molar-refractivity contribution in [2.45, 2.75) is 26.5 Å². The Morgan fingerprint density at radius 1 is 1.19 bits per heavy atom. The molecule has 0 aromatic heterocycles. The number of ether oxygens (including phenoxy) is 1. The van der Waals surface area contributed by atoms with E-state index in [-0.39, 0.29) is 11.7 Å². The Bertz CT molecular complexity index is 1110. The highest BCUT2D eigenvalue weighted by atomic mass is 35.5. The molecule has 2 aliphatic rings. The zero-order valence-corrected chi connectivity index (χ0v) is 15.9. The average Bonchev–Trinajstić information content (AvgIpc) is 2.99. The van der Waals surface area contributed by atoms with E-state index in [4.69, 9.17) is 20.8 Å². The van der Waals surface area contributed by atoms with Crippen LogP contribution in [-0.2, 0) is 11.3 Å². The summed E-state index contributed by atoms with van der Waals surface area (Å²) < 4.78 is 13.2. The van der Waals surface area contributed by atoms with Gasteiger partial charge < -0.3 is 9.15 Å². The van der Waals surface area contributed by atoms with Crippen LogP contribution in [0.25, 0.3) is 33.6 Å². The number of aromatic nitrogens is 2. The number of hydrogen-bond donors (Lipinski definition) is 0. The molecule has 0 aliphatic carbocycles. The topological polar surface area (TPSA) is 57.3 Å². The molecule has 0 spiro atoms. The fourth-order valence-corrected chi connectivity index (χ4v) is 3.39. The van der Waals surface area contributed by atoms with Crippen LogP contribution in [0.5, 0.6) is 0 Å². The van der Waals surface area contributed by atoms with Crippen molar-refractivity contribution in [1.29, 1.82) is 0 Å². The molecule has 1 unspecified atom stereocenters. The van der Waals surface area contributed by atoms with E-state index in [1.165, 1.54) is 4.68 Å². The van der Waals surface area contributed by atoms with Gasteiger partial charge in [-0.25, -0.2) is 4.68 Å². The van der Waals surface area contributed by atoms with Gasteiger partial charge in [0.2, 0.25) is 0 Å². The van der Waals surface area contributed by atoms with Gasteiger partial charge in [-0.3, -0.25) is 4.79 Å². The molecular weight excluding hydrogens is 364 g/mol. The van der Waals surface area contributed by atoms with Crippen molar-refractivity contribution in [3.63, 3.8) is 0 Å². The molecule has 0 fully saturated rings. The third-order valence-electron chi connectivity index (χ3n) is 4.47. The van der Waals surface area contributed by atoms with Crippen molar-refractivity contribution >= 4 is 22.6 Å². The normalized spacial score (nSPS) is 12.7. The first-order valence-electron chi connectivity index (χ1n) is 8.88. The SMILES string of the molecule is CCOC(C)Cn1nc2c3ccccc3oc(-c3ccc(Cl)cc3)c-2c1=O. The lowest BCUT2D eigenvalue weighted by Gasteiger charge is -2.10.